The summed E-state index contributed by atoms with van der Waals surface area (Å²) < 4.78 is 1.13. The molecule has 2 nitrogen and oxygen atoms in total. The first-order valence-corrected chi connectivity index (χ1v) is 6.76. The second kappa shape index (κ2) is 5.35. The Balaban J connectivity index is 2.20. The SMILES string of the molecule is CN(Cc1ccc(Br)s1)c1ccccc1C#N. The summed E-state index contributed by atoms with van der Waals surface area (Å²) in [6.45, 7) is 0.814. The largest absolute Gasteiger partial charge is 0.368 e. The van der Waals surface area contributed by atoms with Gasteiger partial charge in [0.05, 0.1) is 21.6 Å². The lowest BCUT2D eigenvalue weighted by Crippen LogP contribution is -2.16. The molecule has 0 aliphatic carbocycles. The quantitative estimate of drug-likeness (QED) is 0.856. The van der Waals surface area contributed by atoms with Gasteiger partial charge in [0.1, 0.15) is 6.07 Å². The number of rotatable bonds is 3. The van der Waals surface area contributed by atoms with Crippen LogP contribution in [0.5, 0.6) is 0 Å². The van der Waals surface area contributed by atoms with Crippen LogP contribution in [0, 0.1) is 11.3 Å². The zero-order chi connectivity index (χ0) is 12.3. The van der Waals surface area contributed by atoms with Crippen LogP contribution >= 0.6 is 27.3 Å². The smallest absolute Gasteiger partial charge is 0.101 e. The van der Waals surface area contributed by atoms with Gasteiger partial charge in [0.2, 0.25) is 0 Å². The van der Waals surface area contributed by atoms with E-state index in [4.69, 9.17) is 5.26 Å². The fourth-order valence-corrected chi connectivity index (χ4v) is 3.19. The Bertz CT molecular complexity index is 557. The van der Waals surface area contributed by atoms with E-state index >= 15 is 0 Å². The van der Waals surface area contributed by atoms with Crippen molar-refractivity contribution >= 4 is 33.0 Å². The van der Waals surface area contributed by atoms with Gasteiger partial charge in [-0.15, -0.1) is 11.3 Å². The van der Waals surface area contributed by atoms with Gasteiger partial charge in [0.15, 0.2) is 0 Å². The minimum absolute atomic E-state index is 0.714. The number of thiophene rings is 1. The first-order chi connectivity index (χ1) is 8.20. The molecular weight excluding hydrogens is 296 g/mol. The topological polar surface area (TPSA) is 27.0 Å². The molecule has 0 saturated heterocycles. The van der Waals surface area contributed by atoms with Gasteiger partial charge in [-0.25, -0.2) is 0 Å². The highest BCUT2D eigenvalue weighted by molar-refractivity contribution is 9.11. The molecule has 0 fully saturated rings. The van der Waals surface area contributed by atoms with Gasteiger partial charge in [-0.05, 0) is 40.2 Å². The molecule has 0 amide bonds. The van der Waals surface area contributed by atoms with Gasteiger partial charge in [0, 0.05) is 11.9 Å². The second-order valence-corrected chi connectivity index (χ2v) is 6.24. The Hall–Kier alpha value is -1.31. The summed E-state index contributed by atoms with van der Waals surface area (Å²) in [6, 6.07) is 14.0. The number of para-hydroxylation sites is 1. The predicted octanol–water partition coefficient (Wildman–Crippen LogP) is 4.02. The third-order valence-electron chi connectivity index (χ3n) is 2.46. The highest BCUT2D eigenvalue weighted by atomic mass is 79.9. The maximum Gasteiger partial charge on any atom is 0.101 e. The molecule has 0 bridgehead atoms. The molecule has 0 N–H and O–H groups in total. The lowest BCUT2D eigenvalue weighted by molar-refractivity contribution is 0.938. The van der Waals surface area contributed by atoms with E-state index in [1.165, 1.54) is 4.88 Å². The first-order valence-electron chi connectivity index (χ1n) is 5.15. The lowest BCUT2D eigenvalue weighted by Gasteiger charge is -2.19. The molecule has 0 atom stereocenters. The Kier molecular flexibility index (Phi) is 3.82. The van der Waals surface area contributed by atoms with Crippen molar-refractivity contribution in [3.63, 3.8) is 0 Å². The van der Waals surface area contributed by atoms with E-state index in [9.17, 15) is 0 Å². The Labute approximate surface area is 113 Å². The standard InChI is InChI=1S/C13H11BrN2S/c1-16(9-11-6-7-13(14)17-11)12-5-3-2-4-10(12)8-15/h2-7H,9H2,1H3. The number of nitriles is 1. The molecule has 0 aliphatic rings. The third-order valence-corrected chi connectivity index (χ3v) is 4.07. The van der Waals surface area contributed by atoms with E-state index in [1.54, 1.807) is 11.3 Å². The zero-order valence-electron chi connectivity index (χ0n) is 9.35. The van der Waals surface area contributed by atoms with Crippen molar-refractivity contribution in [1.29, 1.82) is 5.26 Å². The van der Waals surface area contributed by atoms with Crippen LogP contribution in [0.2, 0.25) is 0 Å². The summed E-state index contributed by atoms with van der Waals surface area (Å²) >= 11 is 5.17. The summed E-state index contributed by atoms with van der Waals surface area (Å²) in [5, 5.41) is 9.06. The number of anilines is 1. The van der Waals surface area contributed by atoms with Crippen molar-refractivity contribution in [2.24, 2.45) is 0 Å². The maximum absolute atomic E-state index is 9.06. The Morgan fingerprint density at radius 3 is 2.71 bits per heavy atom. The van der Waals surface area contributed by atoms with Crippen molar-refractivity contribution in [1.82, 2.24) is 0 Å². The van der Waals surface area contributed by atoms with Crippen molar-refractivity contribution in [3.05, 3.63) is 50.6 Å². The number of halogens is 1. The van der Waals surface area contributed by atoms with Gasteiger partial charge >= 0.3 is 0 Å². The molecule has 1 aromatic carbocycles. The highest BCUT2D eigenvalue weighted by Crippen LogP contribution is 2.26. The van der Waals surface area contributed by atoms with Crippen LogP contribution in [-0.2, 0) is 6.54 Å². The molecule has 0 spiro atoms. The van der Waals surface area contributed by atoms with Crippen molar-refractivity contribution in [2.45, 2.75) is 6.54 Å². The minimum Gasteiger partial charge on any atom is -0.368 e. The average molecular weight is 307 g/mol. The van der Waals surface area contributed by atoms with E-state index in [0.29, 0.717) is 5.56 Å². The van der Waals surface area contributed by atoms with Crippen LogP contribution in [0.15, 0.2) is 40.2 Å². The summed E-state index contributed by atoms with van der Waals surface area (Å²) in [4.78, 5) is 3.36. The normalized spacial score (nSPS) is 9.94. The van der Waals surface area contributed by atoms with E-state index in [-0.39, 0.29) is 0 Å². The van der Waals surface area contributed by atoms with Gasteiger partial charge in [0.25, 0.3) is 0 Å². The summed E-state index contributed by atoms with van der Waals surface area (Å²) in [6.07, 6.45) is 0. The molecule has 0 saturated carbocycles. The van der Waals surface area contributed by atoms with Gasteiger partial charge in [-0.3, -0.25) is 0 Å². The summed E-state index contributed by atoms with van der Waals surface area (Å²) in [7, 11) is 2.00. The molecule has 4 heteroatoms. The highest BCUT2D eigenvalue weighted by Gasteiger charge is 2.08. The molecule has 86 valence electrons. The van der Waals surface area contributed by atoms with Gasteiger partial charge in [-0.1, -0.05) is 12.1 Å². The summed E-state index contributed by atoms with van der Waals surface area (Å²) in [5.41, 5.74) is 1.69. The van der Waals surface area contributed by atoms with E-state index in [0.717, 1.165) is 16.0 Å². The Morgan fingerprint density at radius 1 is 1.29 bits per heavy atom. The van der Waals surface area contributed by atoms with Crippen LogP contribution < -0.4 is 4.90 Å². The van der Waals surface area contributed by atoms with Crippen LogP contribution in [0.4, 0.5) is 5.69 Å². The van der Waals surface area contributed by atoms with Crippen LogP contribution in [0.1, 0.15) is 10.4 Å². The molecule has 0 aliphatic heterocycles. The van der Waals surface area contributed by atoms with E-state index < -0.39 is 0 Å². The number of benzene rings is 1. The van der Waals surface area contributed by atoms with E-state index in [2.05, 4.69) is 33.0 Å². The molecule has 2 aromatic rings. The second-order valence-electron chi connectivity index (χ2n) is 3.69. The molecule has 0 radical (unpaired) electrons. The number of nitrogens with zero attached hydrogens (tertiary/aromatic N) is 2. The monoisotopic (exact) mass is 306 g/mol. The predicted molar refractivity (Wildman–Crippen MR) is 75.3 cm³/mol. The molecule has 2 rings (SSSR count). The molecule has 17 heavy (non-hydrogen) atoms. The van der Waals surface area contributed by atoms with Crippen molar-refractivity contribution in [2.75, 3.05) is 11.9 Å². The van der Waals surface area contributed by atoms with Crippen LogP contribution in [0.3, 0.4) is 0 Å². The molecule has 0 unspecified atom stereocenters. The zero-order valence-corrected chi connectivity index (χ0v) is 11.8. The van der Waals surface area contributed by atoms with E-state index in [1.807, 2.05) is 37.4 Å². The lowest BCUT2D eigenvalue weighted by atomic mass is 10.2. The third kappa shape index (κ3) is 2.87. The molecule has 1 heterocycles. The van der Waals surface area contributed by atoms with Crippen molar-refractivity contribution < 1.29 is 0 Å². The minimum atomic E-state index is 0.714. The Morgan fingerprint density at radius 2 is 2.06 bits per heavy atom. The summed E-state index contributed by atoms with van der Waals surface area (Å²) in [5.74, 6) is 0. The maximum atomic E-state index is 9.06. The van der Waals surface area contributed by atoms with Crippen LogP contribution in [-0.4, -0.2) is 7.05 Å². The number of hydrogen-bond acceptors (Lipinski definition) is 3. The van der Waals surface area contributed by atoms with Crippen molar-refractivity contribution in [3.8, 4) is 6.07 Å². The van der Waals surface area contributed by atoms with Gasteiger partial charge < -0.3 is 4.90 Å². The number of hydrogen-bond donors (Lipinski definition) is 0. The fourth-order valence-electron chi connectivity index (χ4n) is 1.66. The van der Waals surface area contributed by atoms with Crippen LogP contribution in [0.25, 0.3) is 0 Å². The first kappa shape index (κ1) is 12.2. The molecule has 1 aromatic heterocycles. The molecular formula is C13H11BrN2S. The van der Waals surface area contributed by atoms with Gasteiger partial charge in [-0.2, -0.15) is 5.26 Å². The average Bonchev–Trinajstić information content (AvgIpc) is 2.74. The fraction of sp³-hybridized carbons (Fsp3) is 0.154.